The van der Waals surface area contributed by atoms with Crippen LogP contribution in [0.1, 0.15) is 30.0 Å². The molecular weight excluding hydrogens is 296 g/mol. The Morgan fingerprint density at radius 2 is 1.52 bits per heavy atom. The molecule has 1 nitrogen and oxygen atoms in total. The van der Waals surface area contributed by atoms with Gasteiger partial charge in [-0.25, -0.2) is 0 Å². The normalized spacial score (nSPS) is 13.8. The highest BCUT2D eigenvalue weighted by atomic mass is 19.4. The maximum Gasteiger partial charge on any atom is 0.416 e. The minimum atomic E-state index is -4.83. The Morgan fingerprint density at radius 3 is 1.90 bits per heavy atom. The summed E-state index contributed by atoms with van der Waals surface area (Å²) >= 11 is 0. The van der Waals surface area contributed by atoms with Gasteiger partial charge in [0.2, 0.25) is 0 Å². The quantitative estimate of drug-likeness (QED) is 0.648. The third-order valence-corrected chi connectivity index (χ3v) is 2.73. The van der Waals surface area contributed by atoms with E-state index in [1.807, 2.05) is 0 Å². The van der Waals surface area contributed by atoms with Gasteiger partial charge in [-0.15, -0.1) is 12.3 Å². The number of nitrogens with one attached hydrogen (secondary N) is 1. The van der Waals surface area contributed by atoms with E-state index in [1.54, 1.807) is 6.92 Å². The van der Waals surface area contributed by atoms with Gasteiger partial charge in [0.1, 0.15) is 0 Å². The van der Waals surface area contributed by atoms with E-state index in [0.717, 1.165) is 0 Å². The second-order valence-electron chi connectivity index (χ2n) is 4.60. The fourth-order valence-electron chi connectivity index (χ4n) is 1.66. The molecule has 0 saturated heterocycles. The van der Waals surface area contributed by atoms with E-state index in [-0.39, 0.29) is 24.2 Å². The van der Waals surface area contributed by atoms with Crippen molar-refractivity contribution in [1.82, 2.24) is 5.32 Å². The van der Waals surface area contributed by atoms with Crippen LogP contribution in [0.3, 0.4) is 0 Å². The van der Waals surface area contributed by atoms with E-state index in [1.165, 1.54) is 0 Å². The summed E-state index contributed by atoms with van der Waals surface area (Å²) < 4.78 is 75.8. The van der Waals surface area contributed by atoms with E-state index in [9.17, 15) is 26.3 Å². The average molecular weight is 309 g/mol. The van der Waals surface area contributed by atoms with Crippen LogP contribution >= 0.6 is 0 Å². The first kappa shape index (κ1) is 17.4. The molecule has 7 heteroatoms. The smallest absolute Gasteiger partial charge is 0.309 e. The zero-order chi connectivity index (χ0) is 16.3. The summed E-state index contributed by atoms with van der Waals surface area (Å²) in [5.41, 5.74) is -2.74. The molecular formula is C14H13F6N. The van der Waals surface area contributed by atoms with E-state index < -0.39 is 23.5 Å². The third kappa shape index (κ3) is 5.31. The van der Waals surface area contributed by atoms with Crippen molar-refractivity contribution in [3.63, 3.8) is 0 Å². The largest absolute Gasteiger partial charge is 0.416 e. The maximum absolute atomic E-state index is 12.6. The van der Waals surface area contributed by atoms with Gasteiger partial charge in [-0.1, -0.05) is 0 Å². The zero-order valence-corrected chi connectivity index (χ0v) is 11.1. The van der Waals surface area contributed by atoms with E-state index >= 15 is 0 Å². The summed E-state index contributed by atoms with van der Waals surface area (Å²) in [6.45, 7) is 1.56. The Bertz CT molecular complexity index is 491. The van der Waals surface area contributed by atoms with Gasteiger partial charge in [0.25, 0.3) is 0 Å². The monoisotopic (exact) mass is 309 g/mol. The topological polar surface area (TPSA) is 12.0 Å². The molecule has 1 aromatic carbocycles. The lowest BCUT2D eigenvalue weighted by molar-refractivity contribution is -0.143. The highest BCUT2D eigenvalue weighted by Gasteiger charge is 2.36. The van der Waals surface area contributed by atoms with Crippen molar-refractivity contribution in [2.75, 3.05) is 0 Å². The second kappa shape index (κ2) is 6.39. The van der Waals surface area contributed by atoms with Gasteiger partial charge >= 0.3 is 12.4 Å². The molecule has 1 rings (SSSR count). The van der Waals surface area contributed by atoms with E-state index in [0.29, 0.717) is 18.6 Å². The van der Waals surface area contributed by atoms with Crippen LogP contribution in [0.5, 0.6) is 0 Å². The standard InChI is InChI=1S/C14H13F6N/c1-3-4-9(2)21-8-10-5-11(13(15,16)17)7-12(6-10)14(18,19)20/h1,5-7,9,21H,4,8H2,2H3. The SMILES string of the molecule is C#CCC(C)NCc1cc(C(F)(F)F)cc(C(F)(F)F)c1. The Morgan fingerprint density at radius 1 is 1.05 bits per heavy atom. The van der Waals surface area contributed by atoms with Crippen molar-refractivity contribution in [2.45, 2.75) is 38.3 Å². The highest BCUT2D eigenvalue weighted by molar-refractivity contribution is 5.33. The number of hydrogen-bond donors (Lipinski definition) is 1. The molecule has 0 amide bonds. The number of alkyl halides is 6. The average Bonchev–Trinajstić information content (AvgIpc) is 2.34. The molecule has 0 fully saturated rings. The summed E-state index contributed by atoms with van der Waals surface area (Å²) in [7, 11) is 0. The first-order valence-electron chi connectivity index (χ1n) is 5.99. The summed E-state index contributed by atoms with van der Waals surface area (Å²) in [5.74, 6) is 2.35. The predicted molar refractivity (Wildman–Crippen MR) is 66.2 cm³/mol. The molecule has 0 radical (unpaired) electrons. The molecule has 1 atom stereocenters. The van der Waals surface area contributed by atoms with Crippen LogP contribution in [-0.4, -0.2) is 6.04 Å². The highest BCUT2D eigenvalue weighted by Crippen LogP contribution is 2.36. The molecule has 0 spiro atoms. The lowest BCUT2D eigenvalue weighted by Gasteiger charge is -2.16. The van der Waals surface area contributed by atoms with Gasteiger partial charge in [-0.2, -0.15) is 26.3 Å². The molecule has 21 heavy (non-hydrogen) atoms. The predicted octanol–water partition coefficient (Wildman–Crippen LogP) is 4.23. The third-order valence-electron chi connectivity index (χ3n) is 2.73. The fraction of sp³-hybridized carbons (Fsp3) is 0.429. The molecule has 1 N–H and O–H groups in total. The first-order valence-corrected chi connectivity index (χ1v) is 5.99. The van der Waals surface area contributed by atoms with E-state index in [4.69, 9.17) is 6.42 Å². The maximum atomic E-state index is 12.6. The van der Waals surface area contributed by atoms with Gasteiger partial charge in [0.05, 0.1) is 11.1 Å². The summed E-state index contributed by atoms with van der Waals surface area (Å²) in [4.78, 5) is 0. The zero-order valence-electron chi connectivity index (χ0n) is 11.1. The molecule has 0 saturated carbocycles. The van der Waals surface area contributed by atoms with Crippen molar-refractivity contribution in [2.24, 2.45) is 0 Å². The molecule has 1 unspecified atom stereocenters. The van der Waals surface area contributed by atoms with Crippen LogP contribution in [0.25, 0.3) is 0 Å². The Kier molecular flexibility index (Phi) is 5.29. The number of hydrogen-bond acceptors (Lipinski definition) is 1. The van der Waals surface area contributed by atoms with Gasteiger partial charge < -0.3 is 5.32 Å². The minimum absolute atomic E-state index is 0.0963. The van der Waals surface area contributed by atoms with Crippen LogP contribution < -0.4 is 5.32 Å². The van der Waals surface area contributed by atoms with Gasteiger partial charge in [0.15, 0.2) is 0 Å². The van der Waals surface area contributed by atoms with Crippen LogP contribution in [0.15, 0.2) is 18.2 Å². The molecule has 0 aliphatic carbocycles. The van der Waals surface area contributed by atoms with Crippen LogP contribution in [0, 0.1) is 12.3 Å². The second-order valence-corrected chi connectivity index (χ2v) is 4.60. The summed E-state index contributed by atoms with van der Waals surface area (Å²) in [6, 6.07) is 1.29. The molecule has 0 bridgehead atoms. The minimum Gasteiger partial charge on any atom is -0.309 e. The van der Waals surface area contributed by atoms with Gasteiger partial charge in [-0.05, 0) is 30.7 Å². The Balaban J connectivity index is 3.06. The van der Waals surface area contributed by atoms with Crippen molar-refractivity contribution in [1.29, 1.82) is 0 Å². The van der Waals surface area contributed by atoms with Crippen LogP contribution in [0.4, 0.5) is 26.3 Å². The molecule has 1 aromatic rings. The lowest BCUT2D eigenvalue weighted by atomic mass is 10.0. The number of halogens is 6. The first-order chi connectivity index (χ1) is 9.54. The van der Waals surface area contributed by atoms with Gasteiger partial charge in [0, 0.05) is 19.0 Å². The number of benzene rings is 1. The van der Waals surface area contributed by atoms with Crippen molar-refractivity contribution in [3.8, 4) is 12.3 Å². The number of rotatable bonds is 4. The van der Waals surface area contributed by atoms with Crippen LogP contribution in [-0.2, 0) is 18.9 Å². The van der Waals surface area contributed by atoms with E-state index in [2.05, 4.69) is 11.2 Å². The van der Waals surface area contributed by atoms with Crippen molar-refractivity contribution < 1.29 is 26.3 Å². The number of terminal acetylenes is 1. The van der Waals surface area contributed by atoms with Crippen LogP contribution in [0.2, 0.25) is 0 Å². The molecule has 116 valence electrons. The molecule has 0 aromatic heterocycles. The van der Waals surface area contributed by atoms with Crippen molar-refractivity contribution in [3.05, 3.63) is 34.9 Å². The Hall–Kier alpha value is -1.68. The van der Waals surface area contributed by atoms with Gasteiger partial charge in [-0.3, -0.25) is 0 Å². The lowest BCUT2D eigenvalue weighted by Crippen LogP contribution is -2.25. The Labute approximate surface area is 118 Å². The fourth-order valence-corrected chi connectivity index (χ4v) is 1.66. The molecule has 0 heterocycles. The summed E-state index contributed by atoms with van der Waals surface area (Å²) in [5, 5.41) is 2.78. The van der Waals surface area contributed by atoms with Crippen molar-refractivity contribution >= 4 is 0 Å². The molecule has 0 aliphatic rings. The molecule has 0 aliphatic heterocycles. The summed E-state index contributed by atoms with van der Waals surface area (Å²) in [6.07, 6.45) is -4.27.